The highest BCUT2D eigenvalue weighted by molar-refractivity contribution is 7.15. The van der Waals surface area contributed by atoms with Crippen molar-refractivity contribution in [3.63, 3.8) is 0 Å². The zero-order chi connectivity index (χ0) is 13.7. The number of thiazole rings is 1. The number of aromatic nitrogens is 2. The van der Waals surface area contributed by atoms with Gasteiger partial charge in [0.25, 0.3) is 0 Å². The maximum Gasteiger partial charge on any atom is 0.193 e. The van der Waals surface area contributed by atoms with Gasteiger partial charge in [0.1, 0.15) is 0 Å². The van der Waals surface area contributed by atoms with Gasteiger partial charge in [-0.2, -0.15) is 0 Å². The molecule has 2 rings (SSSR count). The Hall–Kier alpha value is -0.950. The summed E-state index contributed by atoms with van der Waals surface area (Å²) >= 11 is 1.64. The zero-order valence-electron chi connectivity index (χ0n) is 11.5. The summed E-state index contributed by atoms with van der Waals surface area (Å²) in [5.41, 5.74) is 3.94. The van der Waals surface area contributed by atoms with Crippen LogP contribution in [0.5, 0.6) is 0 Å². The SMILES string of the molecule is CCCC(OCC)C(Cc1cn2ccsc2n1)NN. The molecule has 2 aromatic rings. The van der Waals surface area contributed by atoms with E-state index in [2.05, 4.69) is 23.5 Å². The molecule has 5 nitrogen and oxygen atoms in total. The number of fused-ring (bicyclic) bond motifs is 1. The molecule has 0 aliphatic heterocycles. The van der Waals surface area contributed by atoms with E-state index in [9.17, 15) is 0 Å². The minimum atomic E-state index is 0.101. The lowest BCUT2D eigenvalue weighted by atomic mass is 10.0. The van der Waals surface area contributed by atoms with Gasteiger partial charge >= 0.3 is 0 Å². The number of hydrazine groups is 1. The monoisotopic (exact) mass is 282 g/mol. The fourth-order valence-corrected chi connectivity index (χ4v) is 3.02. The van der Waals surface area contributed by atoms with E-state index >= 15 is 0 Å². The largest absolute Gasteiger partial charge is 0.377 e. The Morgan fingerprint density at radius 1 is 1.53 bits per heavy atom. The van der Waals surface area contributed by atoms with Crippen molar-refractivity contribution in [3.8, 4) is 0 Å². The smallest absolute Gasteiger partial charge is 0.193 e. The lowest BCUT2D eigenvalue weighted by Crippen LogP contribution is -2.46. The molecule has 0 bridgehead atoms. The van der Waals surface area contributed by atoms with Gasteiger partial charge in [-0.25, -0.2) is 4.98 Å². The molecule has 19 heavy (non-hydrogen) atoms. The number of nitrogens with two attached hydrogens (primary N) is 1. The first kappa shape index (κ1) is 14.5. The van der Waals surface area contributed by atoms with Crippen molar-refractivity contribution in [3.05, 3.63) is 23.5 Å². The number of hydrogen-bond acceptors (Lipinski definition) is 5. The summed E-state index contributed by atoms with van der Waals surface area (Å²) in [4.78, 5) is 5.62. The van der Waals surface area contributed by atoms with Crippen LogP contribution in [0.2, 0.25) is 0 Å². The zero-order valence-corrected chi connectivity index (χ0v) is 12.3. The summed E-state index contributed by atoms with van der Waals surface area (Å²) in [6.07, 6.45) is 7.10. The van der Waals surface area contributed by atoms with Crippen LogP contribution in [-0.2, 0) is 11.2 Å². The van der Waals surface area contributed by atoms with Crippen molar-refractivity contribution in [2.45, 2.75) is 45.3 Å². The molecule has 0 aromatic carbocycles. The molecule has 0 aliphatic rings. The Morgan fingerprint density at radius 2 is 2.37 bits per heavy atom. The van der Waals surface area contributed by atoms with E-state index < -0.39 is 0 Å². The summed E-state index contributed by atoms with van der Waals surface area (Å²) < 4.78 is 7.83. The van der Waals surface area contributed by atoms with E-state index in [1.165, 1.54) is 0 Å². The van der Waals surface area contributed by atoms with Crippen LogP contribution in [0, 0.1) is 0 Å². The molecule has 6 heteroatoms. The van der Waals surface area contributed by atoms with Crippen molar-refractivity contribution in [2.24, 2.45) is 5.84 Å². The van der Waals surface area contributed by atoms with Crippen LogP contribution >= 0.6 is 11.3 Å². The topological polar surface area (TPSA) is 64.6 Å². The summed E-state index contributed by atoms with van der Waals surface area (Å²) in [7, 11) is 0. The van der Waals surface area contributed by atoms with Crippen LogP contribution in [0.25, 0.3) is 4.96 Å². The van der Waals surface area contributed by atoms with Gasteiger partial charge < -0.3 is 4.74 Å². The van der Waals surface area contributed by atoms with Crippen molar-refractivity contribution in [2.75, 3.05) is 6.61 Å². The van der Waals surface area contributed by atoms with E-state index in [1.807, 2.05) is 22.9 Å². The highest BCUT2D eigenvalue weighted by atomic mass is 32.1. The van der Waals surface area contributed by atoms with Crippen molar-refractivity contribution in [1.82, 2.24) is 14.8 Å². The van der Waals surface area contributed by atoms with E-state index in [0.717, 1.165) is 29.9 Å². The third kappa shape index (κ3) is 3.54. The first-order chi connectivity index (χ1) is 9.28. The molecule has 2 unspecified atom stereocenters. The Morgan fingerprint density at radius 3 is 3.00 bits per heavy atom. The number of nitrogens with zero attached hydrogens (tertiary/aromatic N) is 2. The van der Waals surface area contributed by atoms with Gasteiger partial charge in [0, 0.05) is 30.8 Å². The molecule has 106 valence electrons. The van der Waals surface area contributed by atoms with Gasteiger partial charge in [-0.3, -0.25) is 15.7 Å². The molecule has 2 atom stereocenters. The Balaban J connectivity index is 2.06. The van der Waals surface area contributed by atoms with Crippen molar-refractivity contribution in [1.29, 1.82) is 0 Å². The van der Waals surface area contributed by atoms with Crippen molar-refractivity contribution >= 4 is 16.3 Å². The van der Waals surface area contributed by atoms with Crippen LogP contribution in [0.1, 0.15) is 32.4 Å². The lowest BCUT2D eigenvalue weighted by Gasteiger charge is -2.25. The molecule has 0 saturated heterocycles. The highest BCUT2D eigenvalue weighted by Gasteiger charge is 2.21. The van der Waals surface area contributed by atoms with Crippen LogP contribution in [0.15, 0.2) is 17.8 Å². The summed E-state index contributed by atoms with van der Waals surface area (Å²) in [5.74, 6) is 5.69. The molecular formula is C13H22N4OS. The van der Waals surface area contributed by atoms with Gasteiger partial charge in [-0.05, 0) is 13.3 Å². The number of ether oxygens (including phenoxy) is 1. The van der Waals surface area contributed by atoms with Crippen LogP contribution < -0.4 is 11.3 Å². The summed E-state index contributed by atoms with van der Waals surface area (Å²) in [6.45, 7) is 4.89. The van der Waals surface area contributed by atoms with Crippen LogP contribution in [0.3, 0.4) is 0 Å². The van der Waals surface area contributed by atoms with E-state index in [4.69, 9.17) is 10.6 Å². The second-order valence-corrected chi connectivity index (χ2v) is 5.46. The molecule has 2 aromatic heterocycles. The minimum Gasteiger partial charge on any atom is -0.377 e. The summed E-state index contributed by atoms with van der Waals surface area (Å²) in [5, 5.41) is 2.03. The molecule has 0 spiro atoms. The quantitative estimate of drug-likeness (QED) is 0.574. The lowest BCUT2D eigenvalue weighted by molar-refractivity contribution is 0.0279. The predicted octanol–water partition coefficient (Wildman–Crippen LogP) is 1.98. The Labute approximate surface area is 117 Å². The van der Waals surface area contributed by atoms with Gasteiger partial charge in [-0.1, -0.05) is 13.3 Å². The fraction of sp³-hybridized carbons (Fsp3) is 0.615. The molecular weight excluding hydrogens is 260 g/mol. The maximum atomic E-state index is 5.79. The molecule has 0 fully saturated rings. The molecule has 0 aliphatic carbocycles. The highest BCUT2D eigenvalue weighted by Crippen LogP contribution is 2.15. The third-order valence-corrected chi connectivity index (χ3v) is 3.96. The van der Waals surface area contributed by atoms with Crippen LogP contribution in [-0.4, -0.2) is 28.1 Å². The molecule has 0 amide bonds. The minimum absolute atomic E-state index is 0.101. The van der Waals surface area contributed by atoms with E-state index in [1.54, 1.807) is 11.3 Å². The predicted molar refractivity (Wildman–Crippen MR) is 78.2 cm³/mol. The van der Waals surface area contributed by atoms with Crippen LogP contribution in [0.4, 0.5) is 0 Å². The second-order valence-electron chi connectivity index (χ2n) is 4.58. The van der Waals surface area contributed by atoms with E-state index in [0.29, 0.717) is 6.61 Å². The third-order valence-electron chi connectivity index (χ3n) is 3.19. The Kier molecular flexibility index (Phi) is 5.33. The average Bonchev–Trinajstić information content (AvgIpc) is 2.96. The van der Waals surface area contributed by atoms with Gasteiger partial charge in [0.2, 0.25) is 0 Å². The molecule has 3 N–H and O–H groups in total. The fourth-order valence-electron chi connectivity index (χ4n) is 2.30. The number of nitrogens with one attached hydrogen (secondary N) is 1. The second kappa shape index (κ2) is 7.00. The first-order valence-corrected chi connectivity index (χ1v) is 7.65. The van der Waals surface area contributed by atoms with Gasteiger partial charge in [-0.15, -0.1) is 11.3 Å². The number of rotatable bonds is 8. The molecule has 2 heterocycles. The average molecular weight is 282 g/mol. The number of imidazole rings is 1. The van der Waals surface area contributed by atoms with Gasteiger partial charge in [0.05, 0.1) is 17.8 Å². The standard InChI is InChI=1S/C13H22N4OS/c1-3-5-12(18-4-2)11(16-14)8-10-9-17-6-7-19-13(17)15-10/h6-7,9,11-12,16H,3-5,8,14H2,1-2H3. The maximum absolute atomic E-state index is 5.79. The molecule has 0 saturated carbocycles. The van der Waals surface area contributed by atoms with Crippen molar-refractivity contribution < 1.29 is 4.74 Å². The Bertz CT molecular complexity index is 461. The first-order valence-electron chi connectivity index (χ1n) is 6.77. The number of hydrogen-bond donors (Lipinski definition) is 2. The molecule has 0 radical (unpaired) electrons. The van der Waals surface area contributed by atoms with Gasteiger partial charge in [0.15, 0.2) is 4.96 Å². The summed E-state index contributed by atoms with van der Waals surface area (Å²) in [6, 6.07) is 0.101. The van der Waals surface area contributed by atoms with E-state index in [-0.39, 0.29) is 12.1 Å². The normalized spacial score (nSPS) is 14.9.